The average Bonchev–Trinajstić information content (AvgIpc) is 3.08. The minimum Gasteiger partial charge on any atom is -0.355 e. The molecule has 2 N–H and O–H groups in total. The van der Waals surface area contributed by atoms with Crippen molar-refractivity contribution in [2.75, 3.05) is 12.3 Å². The van der Waals surface area contributed by atoms with E-state index in [9.17, 15) is 14.0 Å². The lowest BCUT2D eigenvalue weighted by Crippen LogP contribution is -2.27. The van der Waals surface area contributed by atoms with E-state index in [1.165, 1.54) is 34.7 Å². The molecule has 29 heavy (non-hydrogen) atoms. The lowest BCUT2D eigenvalue weighted by Gasteiger charge is -2.09. The Kier molecular flexibility index (Phi) is 6.30. The first kappa shape index (κ1) is 20.1. The van der Waals surface area contributed by atoms with Gasteiger partial charge in [-0.2, -0.15) is 0 Å². The van der Waals surface area contributed by atoms with E-state index in [-0.39, 0.29) is 23.0 Å². The van der Waals surface area contributed by atoms with Gasteiger partial charge < -0.3 is 10.3 Å². The van der Waals surface area contributed by atoms with Crippen molar-refractivity contribution in [3.63, 3.8) is 0 Å². The van der Waals surface area contributed by atoms with Crippen LogP contribution in [0, 0.1) is 5.82 Å². The Bertz CT molecular complexity index is 1090. The molecular formula is C21H22FN3O2S2. The van der Waals surface area contributed by atoms with E-state index in [0.29, 0.717) is 30.1 Å². The molecular weight excluding hydrogens is 409 g/mol. The van der Waals surface area contributed by atoms with Crippen molar-refractivity contribution < 1.29 is 9.18 Å². The highest BCUT2D eigenvalue weighted by Gasteiger charge is 2.19. The molecule has 1 aromatic carbocycles. The van der Waals surface area contributed by atoms with E-state index in [2.05, 4.69) is 15.3 Å². The third-order valence-electron chi connectivity index (χ3n) is 5.02. The molecule has 0 fully saturated rings. The van der Waals surface area contributed by atoms with E-state index in [4.69, 9.17) is 0 Å². The Morgan fingerprint density at radius 3 is 2.97 bits per heavy atom. The van der Waals surface area contributed by atoms with Gasteiger partial charge in [-0.3, -0.25) is 9.59 Å². The lowest BCUT2D eigenvalue weighted by atomic mass is 9.97. The summed E-state index contributed by atoms with van der Waals surface area (Å²) in [4.78, 5) is 34.1. The van der Waals surface area contributed by atoms with Gasteiger partial charge >= 0.3 is 0 Å². The van der Waals surface area contributed by atoms with Crippen LogP contribution in [0.15, 0.2) is 29.1 Å². The first-order valence-corrected chi connectivity index (χ1v) is 11.7. The van der Waals surface area contributed by atoms with Gasteiger partial charge in [-0.05, 0) is 49.3 Å². The Balaban J connectivity index is 1.29. The molecule has 1 amide bonds. The predicted octanol–water partition coefficient (Wildman–Crippen LogP) is 3.59. The number of aromatic nitrogens is 2. The van der Waals surface area contributed by atoms with Crippen LogP contribution >= 0.6 is 23.1 Å². The van der Waals surface area contributed by atoms with Gasteiger partial charge in [0.25, 0.3) is 5.56 Å². The number of carbonyl (C=O) groups excluding carboxylic acids is 1. The van der Waals surface area contributed by atoms with Crippen LogP contribution in [0.1, 0.15) is 34.7 Å². The summed E-state index contributed by atoms with van der Waals surface area (Å²) in [7, 11) is 0. The number of amides is 1. The summed E-state index contributed by atoms with van der Waals surface area (Å²) < 4.78 is 13.6. The number of thiophene rings is 1. The minimum atomic E-state index is -0.253. The maximum atomic E-state index is 13.6. The number of hydrogen-bond acceptors (Lipinski definition) is 5. The Morgan fingerprint density at radius 1 is 1.28 bits per heavy atom. The molecule has 0 aliphatic heterocycles. The molecule has 152 valence electrons. The largest absolute Gasteiger partial charge is 0.355 e. The van der Waals surface area contributed by atoms with E-state index >= 15 is 0 Å². The van der Waals surface area contributed by atoms with Gasteiger partial charge in [-0.1, -0.05) is 18.2 Å². The van der Waals surface area contributed by atoms with Crippen LogP contribution in [0.3, 0.4) is 0 Å². The second-order valence-corrected chi connectivity index (χ2v) is 9.16. The summed E-state index contributed by atoms with van der Waals surface area (Å²) in [5, 5.41) is 3.56. The van der Waals surface area contributed by atoms with Gasteiger partial charge in [0.15, 0.2) is 0 Å². The second-order valence-electron chi connectivity index (χ2n) is 7.09. The van der Waals surface area contributed by atoms with Crippen LogP contribution in [-0.2, 0) is 29.8 Å². The SMILES string of the molecule is O=C(CSCc1nc2sc3c(c2c(=O)[nH]1)CCCC3)NCCc1ccccc1F. The molecule has 8 heteroatoms. The van der Waals surface area contributed by atoms with Crippen molar-refractivity contribution in [1.82, 2.24) is 15.3 Å². The molecule has 0 spiro atoms. The highest BCUT2D eigenvalue weighted by atomic mass is 32.2. The predicted molar refractivity (Wildman–Crippen MR) is 116 cm³/mol. The molecule has 0 saturated carbocycles. The normalized spacial score (nSPS) is 13.4. The maximum absolute atomic E-state index is 13.6. The number of rotatable bonds is 7. The van der Waals surface area contributed by atoms with Crippen molar-refractivity contribution in [2.24, 2.45) is 0 Å². The number of H-pyrrole nitrogens is 1. The molecule has 0 atom stereocenters. The third kappa shape index (κ3) is 4.70. The van der Waals surface area contributed by atoms with Gasteiger partial charge in [0.2, 0.25) is 5.91 Å². The molecule has 0 saturated heterocycles. The number of aromatic amines is 1. The molecule has 3 aromatic rings. The fraction of sp³-hybridized carbons (Fsp3) is 0.381. The number of carbonyl (C=O) groups is 1. The summed E-state index contributed by atoms with van der Waals surface area (Å²) >= 11 is 3.03. The highest BCUT2D eigenvalue weighted by Crippen LogP contribution is 2.33. The van der Waals surface area contributed by atoms with Crippen molar-refractivity contribution in [3.8, 4) is 0 Å². The first-order chi connectivity index (χ1) is 14.1. The van der Waals surface area contributed by atoms with Gasteiger partial charge in [-0.25, -0.2) is 9.37 Å². The second kappa shape index (κ2) is 9.09. The topological polar surface area (TPSA) is 74.8 Å². The molecule has 4 rings (SSSR count). The zero-order valence-corrected chi connectivity index (χ0v) is 17.6. The van der Waals surface area contributed by atoms with Crippen LogP contribution in [0.2, 0.25) is 0 Å². The lowest BCUT2D eigenvalue weighted by molar-refractivity contribution is -0.118. The number of nitrogens with one attached hydrogen (secondary N) is 2. The Morgan fingerprint density at radius 2 is 2.10 bits per heavy atom. The van der Waals surface area contributed by atoms with Gasteiger partial charge in [-0.15, -0.1) is 23.1 Å². The maximum Gasteiger partial charge on any atom is 0.259 e. The first-order valence-electron chi connectivity index (χ1n) is 9.73. The van der Waals surface area contributed by atoms with E-state index < -0.39 is 0 Å². The van der Waals surface area contributed by atoms with Crippen molar-refractivity contribution in [1.29, 1.82) is 0 Å². The quantitative estimate of drug-likeness (QED) is 0.600. The molecule has 5 nitrogen and oxygen atoms in total. The summed E-state index contributed by atoms with van der Waals surface area (Å²) in [6.07, 6.45) is 4.75. The summed E-state index contributed by atoms with van der Waals surface area (Å²) in [5.41, 5.74) is 1.70. The summed E-state index contributed by atoms with van der Waals surface area (Å²) in [5.74, 6) is 0.970. The monoisotopic (exact) mass is 431 g/mol. The van der Waals surface area contributed by atoms with Gasteiger partial charge in [0.05, 0.1) is 16.9 Å². The summed E-state index contributed by atoms with van der Waals surface area (Å²) in [6.45, 7) is 0.391. The van der Waals surface area contributed by atoms with E-state index in [1.54, 1.807) is 29.5 Å². The zero-order chi connectivity index (χ0) is 20.2. The molecule has 0 bridgehead atoms. The highest BCUT2D eigenvalue weighted by molar-refractivity contribution is 7.99. The number of fused-ring (bicyclic) bond motifs is 3. The minimum absolute atomic E-state index is 0.0701. The molecule has 1 aliphatic rings. The fourth-order valence-electron chi connectivity index (χ4n) is 3.61. The Hall–Kier alpha value is -2.19. The van der Waals surface area contributed by atoms with Crippen LogP contribution in [0.4, 0.5) is 4.39 Å². The average molecular weight is 432 g/mol. The Labute approximate surface area is 176 Å². The number of benzene rings is 1. The number of halogens is 1. The number of hydrogen-bond donors (Lipinski definition) is 2. The van der Waals surface area contributed by atoms with Gasteiger partial charge in [0.1, 0.15) is 16.5 Å². The smallest absolute Gasteiger partial charge is 0.259 e. The van der Waals surface area contributed by atoms with Crippen molar-refractivity contribution >= 4 is 39.2 Å². The standard InChI is InChI=1S/C21H22FN3O2S2/c22-15-7-3-1-5-13(15)9-10-23-18(26)12-28-11-17-24-20(27)19-14-6-2-4-8-16(14)29-21(19)25-17/h1,3,5,7H,2,4,6,8-12H2,(H,23,26)(H,24,25,27). The number of aryl methyl sites for hydroxylation is 2. The fourth-order valence-corrected chi connectivity index (χ4v) is 5.61. The third-order valence-corrected chi connectivity index (χ3v) is 7.15. The van der Waals surface area contributed by atoms with E-state index in [1.807, 2.05) is 0 Å². The number of nitrogens with zero attached hydrogens (tertiary/aromatic N) is 1. The van der Waals surface area contributed by atoms with Crippen molar-refractivity contribution in [2.45, 2.75) is 37.9 Å². The van der Waals surface area contributed by atoms with Crippen LogP contribution in [-0.4, -0.2) is 28.2 Å². The van der Waals surface area contributed by atoms with Crippen LogP contribution < -0.4 is 10.9 Å². The van der Waals surface area contributed by atoms with Crippen LogP contribution in [0.25, 0.3) is 10.2 Å². The molecule has 2 heterocycles. The number of thioether (sulfide) groups is 1. The molecule has 1 aliphatic carbocycles. The zero-order valence-electron chi connectivity index (χ0n) is 15.9. The van der Waals surface area contributed by atoms with Crippen LogP contribution in [0.5, 0.6) is 0 Å². The molecule has 2 aromatic heterocycles. The van der Waals surface area contributed by atoms with Crippen molar-refractivity contribution in [3.05, 3.63) is 62.3 Å². The summed E-state index contributed by atoms with van der Waals surface area (Å²) in [6, 6.07) is 6.57. The van der Waals surface area contributed by atoms with Gasteiger partial charge in [0, 0.05) is 11.4 Å². The molecule has 0 radical (unpaired) electrons. The molecule has 0 unspecified atom stereocenters. The van der Waals surface area contributed by atoms with E-state index in [0.717, 1.165) is 29.5 Å².